The molecule has 0 radical (unpaired) electrons. The summed E-state index contributed by atoms with van der Waals surface area (Å²) >= 11 is 1.28. The number of hydrogen-bond donors (Lipinski definition) is 1. The van der Waals surface area contributed by atoms with Gasteiger partial charge in [0.25, 0.3) is 0 Å². The van der Waals surface area contributed by atoms with E-state index >= 15 is 0 Å². The van der Waals surface area contributed by atoms with E-state index < -0.39 is 0 Å². The molecule has 1 N–H and O–H groups in total. The zero-order valence-electron chi connectivity index (χ0n) is 20.1. The van der Waals surface area contributed by atoms with Crippen LogP contribution in [0.5, 0.6) is 0 Å². The van der Waals surface area contributed by atoms with Gasteiger partial charge < -0.3 is 9.80 Å². The van der Waals surface area contributed by atoms with Crippen molar-refractivity contribution in [2.24, 2.45) is 5.92 Å². The molecular weight excluding hydrogens is 448 g/mol. The molecule has 3 aliphatic rings. The molecule has 2 aromatic rings. The Morgan fingerprint density at radius 3 is 2.50 bits per heavy atom. The first kappa shape index (κ1) is 23.2. The summed E-state index contributed by atoms with van der Waals surface area (Å²) in [5.74, 6) is 0.374. The molecule has 0 bridgehead atoms. The molecule has 1 aromatic heterocycles. The Kier molecular flexibility index (Phi) is 6.33. The molecule has 1 aliphatic heterocycles. The summed E-state index contributed by atoms with van der Waals surface area (Å²) in [4.78, 5) is 32.5. The van der Waals surface area contributed by atoms with Crippen LogP contribution in [0, 0.1) is 5.92 Å². The van der Waals surface area contributed by atoms with Gasteiger partial charge in [-0.2, -0.15) is 0 Å². The van der Waals surface area contributed by atoms with E-state index in [2.05, 4.69) is 69.7 Å². The van der Waals surface area contributed by atoms with Crippen LogP contribution >= 0.6 is 11.3 Å². The van der Waals surface area contributed by atoms with Gasteiger partial charge in [-0.05, 0) is 64.1 Å². The van der Waals surface area contributed by atoms with Crippen LogP contribution in [-0.2, 0) is 10.3 Å². The van der Waals surface area contributed by atoms with Crippen molar-refractivity contribution >= 4 is 28.4 Å². The fraction of sp³-hybridized carbons (Fsp3) is 0.600. The van der Waals surface area contributed by atoms with Crippen LogP contribution in [-0.4, -0.2) is 76.1 Å². The van der Waals surface area contributed by atoms with Crippen LogP contribution < -0.4 is 5.32 Å². The molecule has 34 heavy (non-hydrogen) atoms. The van der Waals surface area contributed by atoms with Crippen molar-refractivity contribution < 1.29 is 9.59 Å². The second-order valence-electron chi connectivity index (χ2n) is 10.4. The first-order valence-electron chi connectivity index (χ1n) is 12.3. The predicted molar refractivity (Wildman–Crippen MR) is 133 cm³/mol. The molecule has 182 valence electrons. The number of carbonyl (C=O) groups is 2. The van der Waals surface area contributed by atoms with Gasteiger partial charge in [-0.25, -0.2) is 4.79 Å². The van der Waals surface area contributed by atoms with Crippen molar-refractivity contribution in [2.45, 2.75) is 56.0 Å². The van der Waals surface area contributed by atoms with Crippen molar-refractivity contribution in [1.29, 1.82) is 0 Å². The number of carbonyl (C=O) groups excluding carboxylic acids is 2. The molecule has 2 saturated carbocycles. The van der Waals surface area contributed by atoms with Crippen molar-refractivity contribution in [3.8, 4) is 0 Å². The van der Waals surface area contributed by atoms with Gasteiger partial charge in [-0.1, -0.05) is 48.1 Å². The molecule has 0 atom stereocenters. The number of nitrogens with one attached hydrogen (secondary N) is 1. The number of amides is 3. The number of hydrogen-bond acceptors (Lipinski definition) is 6. The minimum absolute atomic E-state index is 0.0105. The lowest BCUT2D eigenvalue weighted by atomic mass is 9.68. The Bertz CT molecular complexity index is 1000. The van der Waals surface area contributed by atoms with Crippen LogP contribution in [0.15, 0.2) is 35.8 Å². The second-order valence-corrected chi connectivity index (χ2v) is 11.2. The zero-order chi connectivity index (χ0) is 23.8. The number of nitrogens with zero attached hydrogens (tertiary/aromatic N) is 5. The lowest BCUT2D eigenvalue weighted by molar-refractivity contribution is -0.116. The third-order valence-electron chi connectivity index (χ3n) is 8.34. The fourth-order valence-electron chi connectivity index (χ4n) is 6.07. The van der Waals surface area contributed by atoms with Gasteiger partial charge in [0, 0.05) is 18.6 Å². The monoisotopic (exact) mass is 482 g/mol. The van der Waals surface area contributed by atoms with Gasteiger partial charge in [-0.3, -0.25) is 15.0 Å². The molecular formula is C25H34N6O2S. The minimum atomic E-state index is -0.214. The zero-order valence-corrected chi connectivity index (χ0v) is 20.9. The highest BCUT2D eigenvalue weighted by Crippen LogP contribution is 2.49. The molecule has 2 aliphatic carbocycles. The van der Waals surface area contributed by atoms with Crippen molar-refractivity contribution in [3.63, 3.8) is 0 Å². The van der Waals surface area contributed by atoms with Crippen LogP contribution in [0.2, 0.25) is 0 Å². The highest BCUT2D eigenvalue weighted by Gasteiger charge is 2.55. The van der Waals surface area contributed by atoms with E-state index in [0.717, 1.165) is 32.2 Å². The van der Waals surface area contributed by atoms with Gasteiger partial charge in [0.2, 0.25) is 11.0 Å². The van der Waals surface area contributed by atoms with Crippen LogP contribution in [0.3, 0.4) is 0 Å². The maximum Gasteiger partial charge on any atom is 0.321 e. The average Bonchev–Trinajstić information content (AvgIpc) is 3.39. The van der Waals surface area contributed by atoms with Crippen LogP contribution in [0.4, 0.5) is 9.93 Å². The summed E-state index contributed by atoms with van der Waals surface area (Å²) in [5, 5.41) is 10.9. The first-order chi connectivity index (χ1) is 16.4. The smallest absolute Gasteiger partial charge is 0.317 e. The number of aromatic nitrogens is 2. The summed E-state index contributed by atoms with van der Waals surface area (Å²) in [7, 11) is 4.34. The number of urea groups is 1. The summed E-state index contributed by atoms with van der Waals surface area (Å²) in [5.41, 5.74) is 2.69. The highest BCUT2D eigenvalue weighted by molar-refractivity contribution is 7.13. The van der Waals surface area contributed by atoms with E-state index in [4.69, 9.17) is 0 Å². The molecule has 1 spiro atoms. The third kappa shape index (κ3) is 4.20. The Morgan fingerprint density at radius 2 is 1.91 bits per heavy atom. The molecule has 2 heterocycles. The lowest BCUT2D eigenvalue weighted by Gasteiger charge is -2.51. The fourth-order valence-corrected chi connectivity index (χ4v) is 6.53. The molecule has 9 heteroatoms. The minimum Gasteiger partial charge on any atom is -0.317 e. The molecule has 1 aromatic carbocycles. The van der Waals surface area contributed by atoms with Gasteiger partial charge in [0.1, 0.15) is 12.1 Å². The summed E-state index contributed by atoms with van der Waals surface area (Å²) in [6, 6.07) is 10.8. The maximum atomic E-state index is 13.6. The maximum absolute atomic E-state index is 13.6. The normalized spacial score (nSPS) is 27.4. The van der Waals surface area contributed by atoms with E-state index in [1.54, 1.807) is 10.4 Å². The third-order valence-corrected chi connectivity index (χ3v) is 8.95. The standard InChI is InChI=1S/C25H34N6O2S/c1-29(2)25(20-9-4-3-5-10-20)13-11-24(12-14-25)17-30(16-21(32)27-22-28-26-18-34-22)23(33)31(24)15-19-7-6-8-19/h3-5,9-10,18-19H,6-8,11-17H2,1-2H3,(H,27,28,32)/t24-,25-. The van der Waals surface area contributed by atoms with Crippen molar-refractivity contribution in [1.82, 2.24) is 24.9 Å². The van der Waals surface area contributed by atoms with Crippen molar-refractivity contribution in [2.75, 3.05) is 39.0 Å². The molecule has 3 fully saturated rings. The first-order valence-corrected chi connectivity index (χ1v) is 13.2. The molecule has 5 rings (SSSR count). The average molecular weight is 483 g/mol. The van der Waals surface area contributed by atoms with E-state index in [1.807, 2.05) is 0 Å². The van der Waals surface area contributed by atoms with E-state index in [1.165, 1.54) is 36.2 Å². The predicted octanol–water partition coefficient (Wildman–Crippen LogP) is 3.78. The molecule has 0 unspecified atom stereocenters. The number of rotatable bonds is 7. The van der Waals surface area contributed by atoms with Crippen LogP contribution in [0.25, 0.3) is 0 Å². The quantitative estimate of drug-likeness (QED) is 0.650. The van der Waals surface area contributed by atoms with Crippen molar-refractivity contribution in [3.05, 3.63) is 41.4 Å². The Hall–Kier alpha value is -2.52. The Labute approximate surface area is 205 Å². The molecule has 3 amide bonds. The van der Waals surface area contributed by atoms with Gasteiger partial charge in [-0.15, -0.1) is 10.2 Å². The van der Waals surface area contributed by atoms with E-state index in [9.17, 15) is 9.59 Å². The summed E-state index contributed by atoms with van der Waals surface area (Å²) in [6.45, 7) is 1.48. The Balaban J connectivity index is 1.35. The van der Waals surface area contributed by atoms with E-state index in [-0.39, 0.29) is 29.6 Å². The lowest BCUT2D eigenvalue weighted by Crippen LogP contribution is -2.56. The van der Waals surface area contributed by atoms with Crippen LogP contribution in [0.1, 0.15) is 50.5 Å². The molecule has 1 saturated heterocycles. The van der Waals surface area contributed by atoms with Gasteiger partial charge in [0.15, 0.2) is 0 Å². The number of anilines is 1. The number of benzene rings is 1. The SMILES string of the molecule is CN(C)[C@]1(c2ccccc2)CC[C@@]2(CC1)CN(CC(=O)Nc1nncs1)C(=O)N2CC1CCC1. The van der Waals surface area contributed by atoms with E-state index in [0.29, 0.717) is 17.6 Å². The topological polar surface area (TPSA) is 81.7 Å². The van der Waals surface area contributed by atoms with Gasteiger partial charge in [0.05, 0.1) is 5.54 Å². The van der Waals surface area contributed by atoms with Gasteiger partial charge >= 0.3 is 6.03 Å². The molecule has 8 nitrogen and oxygen atoms in total. The second kappa shape index (κ2) is 9.26. The largest absolute Gasteiger partial charge is 0.321 e. The summed E-state index contributed by atoms with van der Waals surface area (Å²) in [6.07, 6.45) is 7.50. The Morgan fingerprint density at radius 1 is 1.18 bits per heavy atom. The summed E-state index contributed by atoms with van der Waals surface area (Å²) < 4.78 is 0. The highest BCUT2D eigenvalue weighted by atomic mass is 32.1.